The minimum atomic E-state index is -4.58. The zero-order valence-electron chi connectivity index (χ0n) is 12.7. The second-order valence-corrected chi connectivity index (χ2v) is 6.52. The fourth-order valence-corrected chi connectivity index (χ4v) is 2.49. The highest BCUT2D eigenvalue weighted by molar-refractivity contribution is 14.1. The molecule has 132 valence electrons. The third-order valence-corrected chi connectivity index (χ3v) is 4.13. The van der Waals surface area contributed by atoms with Gasteiger partial charge in [-0.2, -0.15) is 13.2 Å². The molecule has 0 fully saturated rings. The maximum atomic E-state index is 12.7. The van der Waals surface area contributed by atoms with Crippen LogP contribution in [0.4, 0.5) is 13.2 Å². The summed E-state index contributed by atoms with van der Waals surface area (Å²) in [6.07, 6.45) is -4.55. The van der Waals surface area contributed by atoms with Crippen LogP contribution in [0.15, 0.2) is 48.5 Å². The van der Waals surface area contributed by atoms with Crippen LogP contribution >= 0.6 is 22.6 Å². The molecule has 0 aliphatic carbocycles. The van der Waals surface area contributed by atoms with Crippen LogP contribution in [0.5, 0.6) is 0 Å². The molecule has 4 nitrogen and oxygen atoms in total. The summed E-state index contributed by atoms with van der Waals surface area (Å²) in [7, 11) is 0. The smallest absolute Gasteiger partial charge is 0.416 e. The van der Waals surface area contributed by atoms with Gasteiger partial charge in [-0.25, -0.2) is 4.79 Å². The predicted molar refractivity (Wildman–Crippen MR) is 93.2 cm³/mol. The molecule has 0 spiro atoms. The highest BCUT2D eigenvalue weighted by Gasteiger charge is 2.31. The lowest BCUT2D eigenvalue weighted by molar-refractivity contribution is -0.139. The number of alkyl halides is 3. The average molecular weight is 463 g/mol. The number of hydrogen-bond donors (Lipinski definition) is 2. The monoisotopic (exact) mass is 463 g/mol. The van der Waals surface area contributed by atoms with Gasteiger partial charge in [0, 0.05) is 15.6 Å². The normalized spacial score (nSPS) is 12.5. The molecule has 2 aromatic rings. The van der Waals surface area contributed by atoms with Crippen LogP contribution in [0.2, 0.25) is 0 Å². The SMILES string of the molecule is O=C(N[C@@H](Cc1ccc(I)cc1)C(=O)O)c1cccc(C(F)(F)F)c1. The first kappa shape index (κ1) is 19.2. The van der Waals surface area contributed by atoms with Crippen molar-refractivity contribution in [3.8, 4) is 0 Å². The van der Waals surface area contributed by atoms with Crippen LogP contribution in [0, 0.1) is 3.57 Å². The minimum Gasteiger partial charge on any atom is -0.480 e. The van der Waals surface area contributed by atoms with E-state index in [-0.39, 0.29) is 12.0 Å². The Hall–Kier alpha value is -2.10. The molecule has 2 N–H and O–H groups in total. The third kappa shape index (κ3) is 5.45. The first-order valence-electron chi connectivity index (χ1n) is 7.12. The molecule has 0 aliphatic heterocycles. The zero-order chi connectivity index (χ0) is 18.6. The molecular weight excluding hydrogens is 450 g/mol. The van der Waals surface area contributed by atoms with Crippen LogP contribution in [0.1, 0.15) is 21.5 Å². The van der Waals surface area contributed by atoms with Gasteiger partial charge in [0.05, 0.1) is 5.56 Å². The fraction of sp³-hybridized carbons (Fsp3) is 0.176. The lowest BCUT2D eigenvalue weighted by Crippen LogP contribution is -2.42. The highest BCUT2D eigenvalue weighted by Crippen LogP contribution is 2.29. The van der Waals surface area contributed by atoms with Crippen molar-refractivity contribution in [1.29, 1.82) is 0 Å². The third-order valence-electron chi connectivity index (χ3n) is 3.41. The van der Waals surface area contributed by atoms with Gasteiger partial charge in [0.25, 0.3) is 5.91 Å². The van der Waals surface area contributed by atoms with E-state index in [1.54, 1.807) is 24.3 Å². The van der Waals surface area contributed by atoms with Crippen LogP contribution < -0.4 is 5.32 Å². The molecule has 0 saturated heterocycles. The van der Waals surface area contributed by atoms with Crippen molar-refractivity contribution in [2.45, 2.75) is 18.6 Å². The fourth-order valence-electron chi connectivity index (χ4n) is 2.13. The number of carboxylic acid groups (broad SMARTS) is 1. The summed E-state index contributed by atoms with van der Waals surface area (Å²) in [5.41, 5.74) is -0.523. The molecule has 0 aromatic heterocycles. The lowest BCUT2D eigenvalue weighted by Gasteiger charge is -2.15. The van der Waals surface area contributed by atoms with E-state index in [0.29, 0.717) is 11.6 Å². The quantitative estimate of drug-likeness (QED) is 0.665. The molecule has 1 amide bonds. The largest absolute Gasteiger partial charge is 0.480 e. The Kier molecular flexibility index (Phi) is 6.04. The van der Waals surface area contributed by atoms with Crippen LogP contribution in [0.3, 0.4) is 0 Å². The van der Waals surface area contributed by atoms with Gasteiger partial charge in [-0.15, -0.1) is 0 Å². The van der Waals surface area contributed by atoms with E-state index in [9.17, 15) is 27.9 Å². The predicted octanol–water partition coefficient (Wildman–Crippen LogP) is 3.74. The lowest BCUT2D eigenvalue weighted by atomic mass is 10.0. The Balaban J connectivity index is 2.15. The summed E-state index contributed by atoms with van der Waals surface area (Å²) in [4.78, 5) is 23.5. The van der Waals surface area contributed by atoms with Crippen molar-refractivity contribution in [1.82, 2.24) is 5.32 Å². The van der Waals surface area contributed by atoms with Crippen molar-refractivity contribution >= 4 is 34.5 Å². The van der Waals surface area contributed by atoms with Gasteiger partial charge in [-0.1, -0.05) is 18.2 Å². The Morgan fingerprint density at radius 2 is 1.76 bits per heavy atom. The molecule has 0 radical (unpaired) electrons. The van der Waals surface area contributed by atoms with E-state index in [0.717, 1.165) is 15.7 Å². The van der Waals surface area contributed by atoms with E-state index in [2.05, 4.69) is 27.9 Å². The summed E-state index contributed by atoms with van der Waals surface area (Å²) >= 11 is 2.10. The number of aliphatic carboxylic acids is 1. The molecule has 0 unspecified atom stereocenters. The molecule has 25 heavy (non-hydrogen) atoms. The molecule has 0 saturated carbocycles. The molecular formula is C17H13F3INO3. The summed E-state index contributed by atoms with van der Waals surface area (Å²) in [6, 6.07) is 9.65. The second-order valence-electron chi connectivity index (χ2n) is 5.27. The van der Waals surface area contributed by atoms with Gasteiger partial charge in [-0.3, -0.25) is 4.79 Å². The number of rotatable bonds is 5. The molecule has 2 rings (SSSR count). The first-order chi connectivity index (χ1) is 11.7. The number of carbonyl (C=O) groups is 2. The van der Waals surface area contributed by atoms with Gasteiger partial charge in [0.1, 0.15) is 6.04 Å². The number of halogens is 4. The van der Waals surface area contributed by atoms with E-state index in [1.165, 1.54) is 6.07 Å². The van der Waals surface area contributed by atoms with Gasteiger partial charge >= 0.3 is 12.1 Å². The van der Waals surface area contributed by atoms with Crippen molar-refractivity contribution in [3.05, 3.63) is 68.8 Å². The van der Waals surface area contributed by atoms with Crippen molar-refractivity contribution < 1.29 is 27.9 Å². The van der Waals surface area contributed by atoms with Crippen LogP contribution in [-0.2, 0) is 17.4 Å². The van der Waals surface area contributed by atoms with E-state index in [4.69, 9.17) is 0 Å². The Bertz CT molecular complexity index is 775. The standard InChI is InChI=1S/C17H13F3INO3/c18-17(19,20)12-3-1-2-11(9-12)15(23)22-14(16(24)25)8-10-4-6-13(21)7-5-10/h1-7,9,14H,8H2,(H,22,23)(H,24,25)/t14-/m0/s1. The first-order valence-corrected chi connectivity index (χ1v) is 8.20. The van der Waals surface area contributed by atoms with Crippen molar-refractivity contribution in [2.75, 3.05) is 0 Å². The molecule has 0 bridgehead atoms. The second kappa shape index (κ2) is 7.85. The van der Waals surface area contributed by atoms with Crippen molar-refractivity contribution in [3.63, 3.8) is 0 Å². The summed E-state index contributed by atoms with van der Waals surface area (Å²) < 4.78 is 39.1. The summed E-state index contributed by atoms with van der Waals surface area (Å²) in [5.74, 6) is -2.14. The molecule has 1 atom stereocenters. The molecule has 0 heterocycles. The Morgan fingerprint density at radius 3 is 2.32 bits per heavy atom. The number of amides is 1. The van der Waals surface area contributed by atoms with E-state index >= 15 is 0 Å². The van der Waals surface area contributed by atoms with Gasteiger partial charge in [-0.05, 0) is 58.5 Å². The van der Waals surface area contributed by atoms with E-state index < -0.39 is 29.7 Å². The number of carbonyl (C=O) groups excluding carboxylic acids is 1. The molecule has 8 heteroatoms. The Labute approximate surface area is 155 Å². The number of benzene rings is 2. The van der Waals surface area contributed by atoms with Gasteiger partial charge in [0.15, 0.2) is 0 Å². The molecule has 2 aromatic carbocycles. The highest BCUT2D eigenvalue weighted by atomic mass is 127. The van der Waals surface area contributed by atoms with Gasteiger partial charge in [0.2, 0.25) is 0 Å². The number of hydrogen-bond acceptors (Lipinski definition) is 2. The maximum absolute atomic E-state index is 12.7. The topological polar surface area (TPSA) is 66.4 Å². The number of carboxylic acids is 1. The zero-order valence-corrected chi connectivity index (χ0v) is 14.8. The number of nitrogens with one attached hydrogen (secondary N) is 1. The summed E-state index contributed by atoms with van der Waals surface area (Å²) in [5, 5.41) is 11.5. The summed E-state index contributed by atoms with van der Waals surface area (Å²) in [6.45, 7) is 0. The Morgan fingerprint density at radius 1 is 1.12 bits per heavy atom. The average Bonchev–Trinajstić information content (AvgIpc) is 2.55. The molecule has 0 aliphatic rings. The van der Waals surface area contributed by atoms with Gasteiger partial charge < -0.3 is 10.4 Å². The minimum absolute atomic E-state index is 0.0248. The van der Waals surface area contributed by atoms with Crippen LogP contribution in [-0.4, -0.2) is 23.0 Å². The van der Waals surface area contributed by atoms with E-state index in [1.807, 2.05) is 0 Å². The van der Waals surface area contributed by atoms with Crippen LogP contribution in [0.25, 0.3) is 0 Å². The van der Waals surface area contributed by atoms with Crippen molar-refractivity contribution in [2.24, 2.45) is 0 Å². The maximum Gasteiger partial charge on any atom is 0.416 e.